The second-order valence-electron chi connectivity index (χ2n) is 5.49. The lowest BCUT2D eigenvalue weighted by molar-refractivity contribution is -0.122. The number of carbonyl (C=O) groups excluding carboxylic acids is 2. The van der Waals surface area contributed by atoms with Gasteiger partial charge in [-0.1, -0.05) is 13.8 Å². The summed E-state index contributed by atoms with van der Waals surface area (Å²) in [5.74, 6) is -0.521. The Morgan fingerprint density at radius 2 is 1.78 bits per heavy atom. The summed E-state index contributed by atoms with van der Waals surface area (Å²) in [6, 6.07) is -0.0858. The molecule has 0 bridgehead atoms. The number of ether oxygens (including phenoxy) is 1. The van der Waals surface area contributed by atoms with Crippen molar-refractivity contribution in [1.82, 2.24) is 5.32 Å². The number of nitrogens with two attached hydrogens (primary N) is 1. The van der Waals surface area contributed by atoms with Crippen molar-refractivity contribution in [2.24, 2.45) is 11.7 Å². The van der Waals surface area contributed by atoms with Crippen LogP contribution in [0.4, 0.5) is 4.79 Å². The molecule has 106 valence electrons. The Morgan fingerprint density at radius 1 is 1.22 bits per heavy atom. The second-order valence-corrected chi connectivity index (χ2v) is 5.49. The number of alkyl carbamates (subject to hydrolysis) is 1. The monoisotopic (exact) mass is 258 g/mol. The van der Waals surface area contributed by atoms with Crippen molar-refractivity contribution in [3.63, 3.8) is 0 Å². The second kappa shape index (κ2) is 7.24. The van der Waals surface area contributed by atoms with Crippen molar-refractivity contribution in [3.05, 3.63) is 0 Å². The lowest BCUT2D eigenvalue weighted by Crippen LogP contribution is -2.41. The average Bonchev–Trinajstić information content (AvgIpc) is 2.20. The molecule has 0 aromatic heterocycles. The first-order valence-electron chi connectivity index (χ1n) is 6.48. The molecule has 0 aliphatic heterocycles. The van der Waals surface area contributed by atoms with Crippen LogP contribution < -0.4 is 11.1 Å². The molecular formula is C13H26N2O3. The van der Waals surface area contributed by atoms with E-state index in [-0.39, 0.29) is 17.9 Å². The van der Waals surface area contributed by atoms with E-state index in [1.165, 1.54) is 0 Å². The van der Waals surface area contributed by atoms with Gasteiger partial charge in [-0.3, -0.25) is 4.79 Å². The Kier molecular flexibility index (Phi) is 6.73. The molecule has 0 rings (SSSR count). The number of rotatable bonds is 6. The SMILES string of the molecule is CC[C@H](C[C@H](CC)C(N)=O)NC(=O)OC(C)(C)C. The quantitative estimate of drug-likeness (QED) is 0.766. The maximum atomic E-state index is 11.6. The molecule has 0 aliphatic carbocycles. The van der Waals surface area contributed by atoms with Crippen LogP contribution in [-0.4, -0.2) is 23.6 Å². The summed E-state index contributed by atoms with van der Waals surface area (Å²) in [6.07, 6.45) is 1.53. The van der Waals surface area contributed by atoms with E-state index in [1.54, 1.807) is 0 Å². The summed E-state index contributed by atoms with van der Waals surface area (Å²) in [5, 5.41) is 2.77. The molecule has 0 aliphatic rings. The van der Waals surface area contributed by atoms with Gasteiger partial charge in [0.2, 0.25) is 5.91 Å². The van der Waals surface area contributed by atoms with Gasteiger partial charge in [0.1, 0.15) is 5.60 Å². The van der Waals surface area contributed by atoms with Crippen molar-refractivity contribution in [2.45, 2.75) is 65.5 Å². The fourth-order valence-electron chi connectivity index (χ4n) is 1.63. The van der Waals surface area contributed by atoms with E-state index in [9.17, 15) is 9.59 Å². The number of hydrogen-bond donors (Lipinski definition) is 2. The van der Waals surface area contributed by atoms with Gasteiger partial charge in [-0.05, 0) is 40.0 Å². The van der Waals surface area contributed by atoms with E-state index in [1.807, 2.05) is 34.6 Å². The van der Waals surface area contributed by atoms with Gasteiger partial charge in [0.25, 0.3) is 0 Å². The smallest absolute Gasteiger partial charge is 0.407 e. The van der Waals surface area contributed by atoms with Gasteiger partial charge < -0.3 is 15.8 Å². The number of amides is 2. The molecule has 3 N–H and O–H groups in total. The predicted octanol–water partition coefficient (Wildman–Crippen LogP) is 2.19. The number of carbonyl (C=O) groups is 2. The van der Waals surface area contributed by atoms with Crippen LogP contribution in [0.5, 0.6) is 0 Å². The zero-order chi connectivity index (χ0) is 14.3. The molecule has 2 amide bonds. The molecule has 18 heavy (non-hydrogen) atoms. The first kappa shape index (κ1) is 16.7. The largest absolute Gasteiger partial charge is 0.444 e. The van der Waals surface area contributed by atoms with E-state index in [0.29, 0.717) is 12.8 Å². The van der Waals surface area contributed by atoms with Crippen LogP contribution in [0, 0.1) is 5.92 Å². The molecule has 5 heteroatoms. The van der Waals surface area contributed by atoms with Crippen molar-refractivity contribution in [1.29, 1.82) is 0 Å². The molecule has 0 radical (unpaired) electrons. The standard InChI is InChI=1S/C13H26N2O3/c1-6-9(11(14)16)8-10(7-2)15-12(17)18-13(3,4)5/h9-10H,6-8H2,1-5H3,(H2,14,16)(H,15,17)/t9-,10+/m0/s1. The van der Waals surface area contributed by atoms with Crippen LogP contribution in [0.2, 0.25) is 0 Å². The third-order valence-electron chi connectivity index (χ3n) is 2.68. The predicted molar refractivity (Wildman–Crippen MR) is 71.0 cm³/mol. The highest BCUT2D eigenvalue weighted by molar-refractivity contribution is 5.76. The molecule has 0 aromatic rings. The lowest BCUT2D eigenvalue weighted by atomic mass is 9.95. The molecular weight excluding hydrogens is 232 g/mol. The van der Waals surface area contributed by atoms with Crippen LogP contribution in [0.25, 0.3) is 0 Å². The van der Waals surface area contributed by atoms with Crippen molar-refractivity contribution in [3.8, 4) is 0 Å². The third kappa shape index (κ3) is 7.14. The lowest BCUT2D eigenvalue weighted by Gasteiger charge is -2.24. The van der Waals surface area contributed by atoms with E-state index in [4.69, 9.17) is 10.5 Å². The first-order valence-corrected chi connectivity index (χ1v) is 6.48. The molecule has 0 unspecified atom stereocenters. The van der Waals surface area contributed by atoms with E-state index in [0.717, 1.165) is 6.42 Å². The third-order valence-corrected chi connectivity index (χ3v) is 2.68. The maximum absolute atomic E-state index is 11.6. The van der Waals surface area contributed by atoms with E-state index in [2.05, 4.69) is 5.32 Å². The van der Waals surface area contributed by atoms with Crippen molar-refractivity contribution >= 4 is 12.0 Å². The van der Waals surface area contributed by atoms with Gasteiger partial charge in [0.15, 0.2) is 0 Å². The van der Waals surface area contributed by atoms with Crippen molar-refractivity contribution < 1.29 is 14.3 Å². The molecule has 5 nitrogen and oxygen atoms in total. The van der Waals surface area contributed by atoms with Crippen LogP contribution in [-0.2, 0) is 9.53 Å². The summed E-state index contributed by atoms with van der Waals surface area (Å²) in [7, 11) is 0. The minimum absolute atomic E-state index is 0.0858. The summed E-state index contributed by atoms with van der Waals surface area (Å²) >= 11 is 0. The molecule has 0 aromatic carbocycles. The number of hydrogen-bond acceptors (Lipinski definition) is 3. The van der Waals surface area contributed by atoms with Crippen LogP contribution in [0.1, 0.15) is 53.9 Å². The van der Waals surface area contributed by atoms with Crippen LogP contribution >= 0.6 is 0 Å². The maximum Gasteiger partial charge on any atom is 0.407 e. The minimum Gasteiger partial charge on any atom is -0.444 e. The molecule has 0 heterocycles. The van der Waals surface area contributed by atoms with Crippen molar-refractivity contribution in [2.75, 3.05) is 0 Å². The van der Waals surface area contributed by atoms with Gasteiger partial charge in [0.05, 0.1) is 0 Å². The first-order chi connectivity index (χ1) is 8.19. The Hall–Kier alpha value is -1.26. The zero-order valence-corrected chi connectivity index (χ0v) is 12.1. The van der Waals surface area contributed by atoms with Crippen LogP contribution in [0.15, 0.2) is 0 Å². The Bertz CT molecular complexity index is 284. The summed E-state index contributed by atoms with van der Waals surface area (Å²) in [6.45, 7) is 9.30. The average molecular weight is 258 g/mol. The molecule has 0 fully saturated rings. The fourth-order valence-corrected chi connectivity index (χ4v) is 1.63. The fraction of sp³-hybridized carbons (Fsp3) is 0.846. The normalized spacial score (nSPS) is 14.7. The molecule has 2 atom stereocenters. The highest BCUT2D eigenvalue weighted by atomic mass is 16.6. The Morgan fingerprint density at radius 3 is 2.11 bits per heavy atom. The summed E-state index contributed by atoms with van der Waals surface area (Å²) in [5.41, 5.74) is 4.78. The van der Waals surface area contributed by atoms with E-state index < -0.39 is 11.7 Å². The number of primary amides is 1. The molecule has 0 saturated carbocycles. The Balaban J connectivity index is 4.34. The topological polar surface area (TPSA) is 81.4 Å². The Labute approximate surface area is 109 Å². The van der Waals surface area contributed by atoms with Gasteiger partial charge in [-0.2, -0.15) is 0 Å². The van der Waals surface area contributed by atoms with Crippen LogP contribution in [0.3, 0.4) is 0 Å². The van der Waals surface area contributed by atoms with Gasteiger partial charge in [-0.25, -0.2) is 4.79 Å². The highest BCUT2D eigenvalue weighted by Gasteiger charge is 2.22. The van der Waals surface area contributed by atoms with E-state index >= 15 is 0 Å². The van der Waals surface area contributed by atoms with Gasteiger partial charge in [-0.15, -0.1) is 0 Å². The van der Waals surface area contributed by atoms with Gasteiger partial charge >= 0.3 is 6.09 Å². The zero-order valence-electron chi connectivity index (χ0n) is 12.1. The van der Waals surface area contributed by atoms with Gasteiger partial charge in [0, 0.05) is 12.0 Å². The highest BCUT2D eigenvalue weighted by Crippen LogP contribution is 2.14. The number of nitrogens with one attached hydrogen (secondary N) is 1. The molecule has 0 saturated heterocycles. The minimum atomic E-state index is -0.518. The molecule has 0 spiro atoms. The summed E-state index contributed by atoms with van der Waals surface area (Å²) < 4.78 is 5.18. The summed E-state index contributed by atoms with van der Waals surface area (Å²) in [4.78, 5) is 22.8.